The Kier molecular flexibility index (Phi) is 4.87. The van der Waals surface area contributed by atoms with Crippen molar-refractivity contribution in [3.63, 3.8) is 0 Å². The first-order chi connectivity index (χ1) is 7.95. The number of pyridine rings is 1. The minimum atomic E-state index is -0.572. The van der Waals surface area contributed by atoms with Crippen LogP contribution in [0.1, 0.15) is 37.6 Å². The fraction of sp³-hybridized carbons (Fsp3) is 0.500. The molecule has 0 spiro atoms. The van der Waals surface area contributed by atoms with Crippen molar-refractivity contribution in [1.82, 2.24) is 10.3 Å². The lowest BCUT2D eigenvalue weighted by atomic mass is 10.0. The molecular weight excluding hydrogens is 243 g/mol. The van der Waals surface area contributed by atoms with Crippen molar-refractivity contribution >= 4 is 17.5 Å². The molecule has 17 heavy (non-hydrogen) atoms. The van der Waals surface area contributed by atoms with E-state index in [2.05, 4.69) is 10.3 Å². The summed E-state index contributed by atoms with van der Waals surface area (Å²) in [5.74, 6) is -0.649. The quantitative estimate of drug-likeness (QED) is 0.844. The molecule has 3 nitrogen and oxygen atoms in total. The maximum absolute atomic E-state index is 13.0. The molecular formula is C12H16ClFN2O. The summed E-state index contributed by atoms with van der Waals surface area (Å²) in [6.07, 6.45) is 1.79. The molecule has 0 bridgehead atoms. The summed E-state index contributed by atoms with van der Waals surface area (Å²) in [4.78, 5) is 15.5. The van der Waals surface area contributed by atoms with E-state index >= 15 is 0 Å². The third-order valence-electron chi connectivity index (χ3n) is 2.61. The number of hydrogen-bond donors (Lipinski definition) is 1. The summed E-state index contributed by atoms with van der Waals surface area (Å²) in [6.45, 7) is 6.01. The van der Waals surface area contributed by atoms with Gasteiger partial charge in [-0.05, 0) is 18.4 Å². The van der Waals surface area contributed by atoms with Crippen LogP contribution in [0.5, 0.6) is 0 Å². The molecule has 0 radical (unpaired) electrons. The van der Waals surface area contributed by atoms with Crippen molar-refractivity contribution in [2.24, 2.45) is 5.92 Å². The Morgan fingerprint density at radius 3 is 2.76 bits per heavy atom. The van der Waals surface area contributed by atoms with Crippen molar-refractivity contribution in [1.29, 1.82) is 0 Å². The lowest BCUT2D eigenvalue weighted by Gasteiger charge is -2.20. The van der Waals surface area contributed by atoms with Gasteiger partial charge in [-0.2, -0.15) is 0 Å². The minimum Gasteiger partial charge on any atom is -0.349 e. The second kappa shape index (κ2) is 5.96. The van der Waals surface area contributed by atoms with E-state index in [0.29, 0.717) is 5.92 Å². The molecule has 0 aliphatic carbocycles. The van der Waals surface area contributed by atoms with E-state index in [-0.39, 0.29) is 22.7 Å². The van der Waals surface area contributed by atoms with Gasteiger partial charge in [0.05, 0.1) is 11.8 Å². The average molecular weight is 259 g/mol. The molecule has 1 amide bonds. The molecule has 5 heteroatoms. The van der Waals surface area contributed by atoms with Gasteiger partial charge in [0.1, 0.15) is 11.0 Å². The standard InChI is InChI=1S/C12H16ClFN2O/c1-4-10(7(2)3)16-12(17)9-5-8(14)6-15-11(9)13/h5-7,10H,4H2,1-3H3,(H,16,17). The van der Waals surface area contributed by atoms with Gasteiger partial charge in [-0.1, -0.05) is 32.4 Å². The molecule has 0 fully saturated rings. The summed E-state index contributed by atoms with van der Waals surface area (Å²) >= 11 is 5.76. The van der Waals surface area contributed by atoms with Crippen LogP contribution < -0.4 is 5.32 Å². The molecule has 1 aromatic rings. The predicted octanol–water partition coefficient (Wildman–Crippen LogP) is 3.04. The minimum absolute atomic E-state index is 0.0162. The molecule has 0 saturated carbocycles. The molecule has 0 aliphatic rings. The first kappa shape index (κ1) is 13.9. The Balaban J connectivity index is 2.86. The second-order valence-electron chi connectivity index (χ2n) is 4.22. The lowest BCUT2D eigenvalue weighted by Crippen LogP contribution is -2.38. The number of aromatic nitrogens is 1. The van der Waals surface area contributed by atoms with Crippen LogP contribution >= 0.6 is 11.6 Å². The zero-order valence-electron chi connectivity index (χ0n) is 10.1. The molecule has 0 saturated heterocycles. The highest BCUT2D eigenvalue weighted by molar-refractivity contribution is 6.32. The lowest BCUT2D eigenvalue weighted by molar-refractivity contribution is 0.0924. The van der Waals surface area contributed by atoms with Crippen molar-refractivity contribution < 1.29 is 9.18 Å². The third kappa shape index (κ3) is 3.66. The number of halogens is 2. The molecule has 1 atom stereocenters. The summed E-state index contributed by atoms with van der Waals surface area (Å²) < 4.78 is 13.0. The smallest absolute Gasteiger partial charge is 0.254 e. The van der Waals surface area contributed by atoms with E-state index in [1.807, 2.05) is 20.8 Å². The number of hydrogen-bond acceptors (Lipinski definition) is 2. The van der Waals surface area contributed by atoms with Gasteiger partial charge in [0.25, 0.3) is 5.91 Å². The highest BCUT2D eigenvalue weighted by Crippen LogP contribution is 2.15. The molecule has 0 aliphatic heterocycles. The van der Waals surface area contributed by atoms with E-state index in [1.165, 1.54) is 0 Å². The Morgan fingerprint density at radius 2 is 2.24 bits per heavy atom. The maximum Gasteiger partial charge on any atom is 0.254 e. The molecule has 0 aromatic carbocycles. The maximum atomic E-state index is 13.0. The first-order valence-corrected chi connectivity index (χ1v) is 5.95. The number of carbonyl (C=O) groups excluding carboxylic acids is 1. The average Bonchev–Trinajstić information content (AvgIpc) is 2.28. The summed E-state index contributed by atoms with van der Waals surface area (Å²) in [7, 11) is 0. The van der Waals surface area contributed by atoms with Gasteiger partial charge >= 0.3 is 0 Å². The molecule has 1 heterocycles. The predicted molar refractivity (Wildman–Crippen MR) is 65.6 cm³/mol. The molecule has 1 aromatic heterocycles. The Morgan fingerprint density at radius 1 is 1.59 bits per heavy atom. The molecule has 1 unspecified atom stereocenters. The number of nitrogens with zero attached hydrogens (tertiary/aromatic N) is 1. The van der Waals surface area contributed by atoms with Crippen molar-refractivity contribution in [2.45, 2.75) is 33.2 Å². The molecule has 94 valence electrons. The number of carbonyl (C=O) groups is 1. The van der Waals surface area contributed by atoms with Crippen LogP contribution in [0.2, 0.25) is 5.15 Å². The monoisotopic (exact) mass is 258 g/mol. The zero-order valence-corrected chi connectivity index (χ0v) is 10.9. The van der Waals surface area contributed by atoms with Gasteiger partial charge in [0.2, 0.25) is 0 Å². The van der Waals surface area contributed by atoms with Crippen molar-refractivity contribution in [2.75, 3.05) is 0 Å². The summed E-state index contributed by atoms with van der Waals surface area (Å²) in [5.41, 5.74) is 0.0748. The summed E-state index contributed by atoms with van der Waals surface area (Å²) in [6, 6.07) is 1.14. The number of rotatable bonds is 4. The molecule has 1 rings (SSSR count). The van der Waals surface area contributed by atoms with Gasteiger partial charge in [-0.15, -0.1) is 0 Å². The van der Waals surface area contributed by atoms with Crippen LogP contribution in [-0.2, 0) is 0 Å². The zero-order chi connectivity index (χ0) is 13.0. The van der Waals surface area contributed by atoms with Gasteiger partial charge in [-0.25, -0.2) is 9.37 Å². The van der Waals surface area contributed by atoms with E-state index < -0.39 is 5.82 Å². The van der Waals surface area contributed by atoms with Crippen LogP contribution in [0.25, 0.3) is 0 Å². The number of amides is 1. The van der Waals surface area contributed by atoms with E-state index in [9.17, 15) is 9.18 Å². The highest BCUT2D eigenvalue weighted by Gasteiger charge is 2.18. The third-order valence-corrected chi connectivity index (χ3v) is 2.91. The second-order valence-corrected chi connectivity index (χ2v) is 4.58. The highest BCUT2D eigenvalue weighted by atomic mass is 35.5. The Hall–Kier alpha value is -1.16. The SMILES string of the molecule is CCC(NC(=O)c1cc(F)cnc1Cl)C(C)C. The fourth-order valence-electron chi connectivity index (χ4n) is 1.57. The topological polar surface area (TPSA) is 42.0 Å². The fourth-order valence-corrected chi connectivity index (χ4v) is 1.76. The Bertz CT molecular complexity index is 409. The van der Waals surface area contributed by atoms with Crippen LogP contribution in [0.3, 0.4) is 0 Å². The van der Waals surface area contributed by atoms with Gasteiger partial charge in [0.15, 0.2) is 0 Å². The van der Waals surface area contributed by atoms with E-state index in [0.717, 1.165) is 18.7 Å². The molecule has 1 N–H and O–H groups in total. The summed E-state index contributed by atoms with van der Waals surface area (Å²) in [5, 5.41) is 2.84. The Labute approximate surface area is 105 Å². The first-order valence-electron chi connectivity index (χ1n) is 5.57. The van der Waals surface area contributed by atoms with Gasteiger partial charge < -0.3 is 5.32 Å². The normalized spacial score (nSPS) is 12.6. The van der Waals surface area contributed by atoms with Crippen LogP contribution in [0, 0.1) is 11.7 Å². The van der Waals surface area contributed by atoms with Gasteiger partial charge in [-0.3, -0.25) is 4.79 Å². The van der Waals surface area contributed by atoms with Crippen LogP contribution in [0.4, 0.5) is 4.39 Å². The van der Waals surface area contributed by atoms with E-state index in [1.54, 1.807) is 0 Å². The van der Waals surface area contributed by atoms with Crippen molar-refractivity contribution in [3.05, 3.63) is 28.8 Å². The van der Waals surface area contributed by atoms with Gasteiger partial charge in [0, 0.05) is 6.04 Å². The number of nitrogens with one attached hydrogen (secondary N) is 1. The van der Waals surface area contributed by atoms with Crippen LogP contribution in [-0.4, -0.2) is 16.9 Å². The largest absolute Gasteiger partial charge is 0.349 e. The van der Waals surface area contributed by atoms with E-state index in [4.69, 9.17) is 11.6 Å². The van der Waals surface area contributed by atoms with Crippen LogP contribution in [0.15, 0.2) is 12.3 Å². The van der Waals surface area contributed by atoms with Crippen molar-refractivity contribution in [3.8, 4) is 0 Å².